The first-order valence-corrected chi connectivity index (χ1v) is 8.42. The van der Waals surface area contributed by atoms with E-state index in [0.717, 1.165) is 24.2 Å². The van der Waals surface area contributed by atoms with Crippen LogP contribution in [0.1, 0.15) is 23.2 Å². The first-order chi connectivity index (χ1) is 12.1. The number of aliphatic hydroxyl groups is 1. The summed E-state index contributed by atoms with van der Waals surface area (Å²) in [5, 5.41) is 16.4. The number of aromatic nitrogens is 1. The van der Waals surface area contributed by atoms with E-state index in [1.54, 1.807) is 25.4 Å². The van der Waals surface area contributed by atoms with Gasteiger partial charge in [-0.1, -0.05) is 12.1 Å². The maximum Gasteiger partial charge on any atom is 0.251 e. The molecule has 1 aromatic heterocycles. The first-order valence-electron chi connectivity index (χ1n) is 8.42. The fourth-order valence-corrected chi connectivity index (χ4v) is 3.00. The molecule has 0 spiro atoms. The second-order valence-electron chi connectivity index (χ2n) is 6.32. The number of nitrogens with zero attached hydrogens (tertiary/aromatic N) is 1. The number of rotatable bonds is 5. The number of β-amino-alcohol motifs (C(OH)–C–C–N with tert-alkyl or cyclic N) is 1. The predicted molar refractivity (Wildman–Crippen MR) is 95.6 cm³/mol. The van der Waals surface area contributed by atoms with Gasteiger partial charge in [-0.25, -0.2) is 0 Å². The lowest BCUT2D eigenvalue weighted by molar-refractivity contribution is 0.0170. The predicted octanol–water partition coefficient (Wildman–Crippen LogP) is 1.60. The number of pyridine rings is 1. The lowest BCUT2D eigenvalue weighted by Gasteiger charge is -2.32. The van der Waals surface area contributed by atoms with E-state index in [2.05, 4.69) is 15.6 Å². The summed E-state index contributed by atoms with van der Waals surface area (Å²) in [5.41, 5.74) is 1.30. The van der Waals surface area contributed by atoms with E-state index in [4.69, 9.17) is 4.74 Å². The third-order valence-electron chi connectivity index (χ3n) is 4.44. The van der Waals surface area contributed by atoms with Gasteiger partial charge in [-0.2, -0.15) is 0 Å². The van der Waals surface area contributed by atoms with Gasteiger partial charge in [0.25, 0.3) is 5.91 Å². The molecule has 1 aromatic carbocycles. The number of benzene rings is 1. The van der Waals surface area contributed by atoms with Crippen molar-refractivity contribution in [1.82, 2.24) is 15.6 Å². The normalized spacial score (nSPS) is 20.1. The number of ether oxygens (including phenoxy) is 1. The van der Waals surface area contributed by atoms with E-state index < -0.39 is 5.60 Å². The lowest BCUT2D eigenvalue weighted by atomic mass is 9.94. The van der Waals surface area contributed by atoms with Gasteiger partial charge in [-0.3, -0.25) is 9.78 Å². The van der Waals surface area contributed by atoms with Crippen molar-refractivity contribution in [3.63, 3.8) is 0 Å². The van der Waals surface area contributed by atoms with Crippen molar-refractivity contribution >= 4 is 5.91 Å². The van der Waals surface area contributed by atoms with Crippen molar-refractivity contribution < 1.29 is 14.6 Å². The zero-order valence-electron chi connectivity index (χ0n) is 14.3. The molecule has 0 radical (unpaired) electrons. The lowest BCUT2D eigenvalue weighted by Crippen LogP contribution is -2.52. The summed E-state index contributed by atoms with van der Waals surface area (Å²) >= 11 is 0. The van der Waals surface area contributed by atoms with Gasteiger partial charge in [0.1, 0.15) is 11.4 Å². The Balaban J connectivity index is 1.66. The Labute approximate surface area is 147 Å². The molecule has 6 nitrogen and oxygen atoms in total. The van der Waals surface area contributed by atoms with Gasteiger partial charge in [-0.15, -0.1) is 0 Å². The minimum absolute atomic E-state index is 0.196. The maximum absolute atomic E-state index is 12.3. The van der Waals surface area contributed by atoms with Crippen molar-refractivity contribution in [2.24, 2.45) is 0 Å². The molecule has 2 aromatic rings. The van der Waals surface area contributed by atoms with Crippen LogP contribution in [0.25, 0.3) is 11.3 Å². The largest absolute Gasteiger partial charge is 0.494 e. The summed E-state index contributed by atoms with van der Waals surface area (Å²) in [5.74, 6) is 0.491. The molecule has 3 N–H and O–H groups in total. The molecular weight excluding hydrogens is 318 g/mol. The van der Waals surface area contributed by atoms with Crippen LogP contribution in [0.5, 0.6) is 5.75 Å². The zero-order valence-corrected chi connectivity index (χ0v) is 14.3. The molecule has 3 rings (SSSR count). The Morgan fingerprint density at radius 2 is 2.16 bits per heavy atom. The fraction of sp³-hybridized carbons (Fsp3) is 0.368. The molecule has 0 saturated carbocycles. The Kier molecular flexibility index (Phi) is 5.31. The highest BCUT2D eigenvalue weighted by molar-refractivity contribution is 5.94. The van der Waals surface area contributed by atoms with Crippen molar-refractivity contribution in [3.05, 3.63) is 48.2 Å². The minimum Gasteiger partial charge on any atom is -0.494 e. The van der Waals surface area contributed by atoms with Gasteiger partial charge in [-0.05, 0) is 43.7 Å². The molecule has 1 atom stereocenters. The van der Waals surface area contributed by atoms with Crippen LogP contribution in [0, 0.1) is 0 Å². The standard InChI is InChI=1S/C19H23N3O3/c1-25-16-4-2-11-21-17(16)14-5-7-15(8-6-14)18(23)22-13-19(24)9-3-10-20-12-19/h2,4-8,11,20,24H,3,9-10,12-13H2,1H3,(H,22,23)/t19-/m1/s1. The van der Waals surface area contributed by atoms with Gasteiger partial charge < -0.3 is 20.5 Å². The van der Waals surface area contributed by atoms with Crippen molar-refractivity contribution in [1.29, 1.82) is 0 Å². The molecule has 0 unspecified atom stereocenters. The minimum atomic E-state index is -0.866. The number of amides is 1. The molecule has 0 bridgehead atoms. The second-order valence-corrected chi connectivity index (χ2v) is 6.32. The smallest absolute Gasteiger partial charge is 0.251 e. The van der Waals surface area contributed by atoms with Crippen LogP contribution >= 0.6 is 0 Å². The van der Waals surface area contributed by atoms with Crippen LogP contribution in [-0.2, 0) is 0 Å². The highest BCUT2D eigenvalue weighted by Gasteiger charge is 2.29. The molecule has 132 valence electrons. The quantitative estimate of drug-likeness (QED) is 0.769. The topological polar surface area (TPSA) is 83.5 Å². The highest BCUT2D eigenvalue weighted by atomic mass is 16.5. The van der Waals surface area contributed by atoms with Gasteiger partial charge in [0.2, 0.25) is 0 Å². The van der Waals surface area contributed by atoms with Crippen LogP contribution in [0.4, 0.5) is 0 Å². The second kappa shape index (κ2) is 7.63. The Morgan fingerprint density at radius 1 is 1.36 bits per heavy atom. The van der Waals surface area contributed by atoms with E-state index in [9.17, 15) is 9.90 Å². The third kappa shape index (κ3) is 4.15. The summed E-state index contributed by atoms with van der Waals surface area (Å²) in [7, 11) is 1.60. The summed E-state index contributed by atoms with van der Waals surface area (Å²) in [6.07, 6.45) is 3.31. The average Bonchev–Trinajstić information content (AvgIpc) is 2.67. The van der Waals surface area contributed by atoms with Crippen LogP contribution in [0.2, 0.25) is 0 Å². The Bertz CT molecular complexity index is 725. The van der Waals surface area contributed by atoms with Gasteiger partial charge in [0, 0.05) is 30.4 Å². The molecule has 25 heavy (non-hydrogen) atoms. The van der Waals surface area contributed by atoms with Crippen molar-refractivity contribution in [3.8, 4) is 17.0 Å². The van der Waals surface area contributed by atoms with Gasteiger partial charge in [0.15, 0.2) is 0 Å². The molecule has 1 fully saturated rings. The van der Waals surface area contributed by atoms with Gasteiger partial charge >= 0.3 is 0 Å². The molecule has 1 aliphatic rings. The van der Waals surface area contributed by atoms with E-state index in [0.29, 0.717) is 24.3 Å². The number of nitrogens with one attached hydrogen (secondary N) is 2. The molecule has 1 aliphatic heterocycles. The SMILES string of the molecule is COc1cccnc1-c1ccc(C(=O)NC[C@@]2(O)CCCNC2)cc1. The number of hydrogen-bond donors (Lipinski definition) is 3. The summed E-state index contributed by atoms with van der Waals surface area (Å²) in [6.45, 7) is 1.66. The number of methoxy groups -OCH3 is 1. The van der Waals surface area contributed by atoms with Crippen LogP contribution in [0.3, 0.4) is 0 Å². The van der Waals surface area contributed by atoms with E-state index in [-0.39, 0.29) is 12.5 Å². The van der Waals surface area contributed by atoms with Crippen molar-refractivity contribution in [2.45, 2.75) is 18.4 Å². The Hall–Kier alpha value is -2.44. The molecule has 0 aliphatic carbocycles. The number of carbonyl (C=O) groups is 1. The van der Waals surface area contributed by atoms with E-state index >= 15 is 0 Å². The molecule has 6 heteroatoms. The molecule has 1 amide bonds. The average molecular weight is 341 g/mol. The zero-order chi connectivity index (χ0) is 17.7. The van der Waals surface area contributed by atoms with Crippen LogP contribution in [-0.4, -0.2) is 48.3 Å². The Morgan fingerprint density at radius 3 is 2.84 bits per heavy atom. The fourth-order valence-electron chi connectivity index (χ4n) is 3.00. The first kappa shape index (κ1) is 17.4. The van der Waals surface area contributed by atoms with E-state index in [1.807, 2.05) is 24.3 Å². The summed E-state index contributed by atoms with van der Waals surface area (Å²) in [6, 6.07) is 10.9. The molecule has 1 saturated heterocycles. The third-order valence-corrected chi connectivity index (χ3v) is 4.44. The van der Waals surface area contributed by atoms with Crippen molar-refractivity contribution in [2.75, 3.05) is 26.7 Å². The highest BCUT2D eigenvalue weighted by Crippen LogP contribution is 2.27. The molecule has 2 heterocycles. The van der Waals surface area contributed by atoms with Crippen LogP contribution in [0.15, 0.2) is 42.6 Å². The number of hydrogen-bond acceptors (Lipinski definition) is 5. The number of carbonyl (C=O) groups excluding carboxylic acids is 1. The maximum atomic E-state index is 12.3. The van der Waals surface area contributed by atoms with Crippen LogP contribution < -0.4 is 15.4 Å². The summed E-state index contributed by atoms with van der Waals surface area (Å²) in [4.78, 5) is 16.7. The van der Waals surface area contributed by atoms with Gasteiger partial charge in [0.05, 0.1) is 12.7 Å². The number of piperidine rings is 1. The monoisotopic (exact) mass is 341 g/mol. The molecular formula is C19H23N3O3. The van der Waals surface area contributed by atoms with E-state index in [1.165, 1.54) is 0 Å². The summed E-state index contributed by atoms with van der Waals surface area (Å²) < 4.78 is 5.32.